The van der Waals surface area contributed by atoms with Gasteiger partial charge >= 0.3 is 0 Å². The number of carbonyl (C=O) groups excluding carboxylic acids is 1. The Morgan fingerprint density at radius 1 is 1.69 bits per heavy atom. The number of thiol groups is 1. The van der Waals surface area contributed by atoms with Gasteiger partial charge in [-0.15, -0.1) is 24.0 Å². The van der Waals surface area contributed by atoms with Crippen molar-refractivity contribution in [3.8, 4) is 0 Å². The number of aliphatic hydroxyl groups is 1. The molecule has 1 amide bonds. The van der Waals surface area contributed by atoms with E-state index in [2.05, 4.69) is 12.6 Å². The first-order valence-electron chi connectivity index (χ1n) is 5.33. The first-order chi connectivity index (χ1) is 7.58. The molecule has 1 aromatic heterocycles. The summed E-state index contributed by atoms with van der Waals surface area (Å²) in [5.74, 6) is 0.220. The summed E-state index contributed by atoms with van der Waals surface area (Å²) in [5.41, 5.74) is 0. The Labute approximate surface area is 104 Å². The molecule has 3 nitrogen and oxygen atoms in total. The van der Waals surface area contributed by atoms with Crippen LogP contribution in [0, 0.1) is 5.92 Å². The number of hydrogen-bond acceptors (Lipinski definition) is 4. The molecule has 1 N–H and O–H groups in total. The minimum atomic E-state index is -0.271. The van der Waals surface area contributed by atoms with E-state index in [1.165, 1.54) is 11.3 Å². The molecule has 0 spiro atoms. The van der Waals surface area contributed by atoms with Crippen molar-refractivity contribution in [2.45, 2.75) is 24.3 Å². The maximum absolute atomic E-state index is 12.1. The van der Waals surface area contributed by atoms with Gasteiger partial charge in [-0.1, -0.05) is 6.92 Å². The Morgan fingerprint density at radius 3 is 3.00 bits per heavy atom. The van der Waals surface area contributed by atoms with Crippen LogP contribution in [0.25, 0.3) is 0 Å². The van der Waals surface area contributed by atoms with Gasteiger partial charge in [0.1, 0.15) is 0 Å². The highest BCUT2D eigenvalue weighted by Gasteiger charge is 2.28. The van der Waals surface area contributed by atoms with Gasteiger partial charge in [0, 0.05) is 23.4 Å². The largest absolute Gasteiger partial charge is 0.393 e. The second kappa shape index (κ2) is 4.77. The first kappa shape index (κ1) is 12.0. The van der Waals surface area contributed by atoms with Crippen LogP contribution in [-0.4, -0.2) is 35.1 Å². The van der Waals surface area contributed by atoms with Gasteiger partial charge in [0.15, 0.2) is 0 Å². The van der Waals surface area contributed by atoms with E-state index in [1.54, 1.807) is 6.07 Å². The number of hydrogen-bond donors (Lipinski definition) is 2. The summed E-state index contributed by atoms with van der Waals surface area (Å²) < 4.78 is 0. The molecule has 1 saturated heterocycles. The van der Waals surface area contributed by atoms with Gasteiger partial charge in [-0.2, -0.15) is 0 Å². The SMILES string of the molecule is CC1CN(C(=O)c2cc(S)cs2)CCC1O. The Kier molecular flexibility index (Phi) is 3.56. The van der Waals surface area contributed by atoms with Crippen molar-refractivity contribution in [1.29, 1.82) is 0 Å². The molecule has 1 aromatic rings. The Morgan fingerprint density at radius 2 is 2.44 bits per heavy atom. The molecule has 2 rings (SSSR count). The fourth-order valence-electron chi connectivity index (χ4n) is 1.91. The van der Waals surface area contributed by atoms with E-state index in [4.69, 9.17) is 0 Å². The van der Waals surface area contributed by atoms with Crippen molar-refractivity contribution in [1.82, 2.24) is 4.90 Å². The quantitative estimate of drug-likeness (QED) is 0.754. The van der Waals surface area contributed by atoms with E-state index in [-0.39, 0.29) is 17.9 Å². The molecule has 0 aromatic carbocycles. The summed E-state index contributed by atoms with van der Waals surface area (Å²) in [7, 11) is 0. The van der Waals surface area contributed by atoms with E-state index in [9.17, 15) is 9.90 Å². The first-order valence-corrected chi connectivity index (χ1v) is 6.65. The van der Waals surface area contributed by atoms with Gasteiger partial charge in [0.2, 0.25) is 0 Å². The molecule has 88 valence electrons. The maximum atomic E-state index is 12.1. The Hall–Kier alpha value is -0.520. The predicted octanol–water partition coefficient (Wildman–Crippen LogP) is 1.88. The predicted molar refractivity (Wildman–Crippen MR) is 67.3 cm³/mol. The minimum Gasteiger partial charge on any atom is -0.393 e. The third-order valence-electron chi connectivity index (χ3n) is 2.94. The third-order valence-corrected chi connectivity index (χ3v) is 4.29. The van der Waals surface area contributed by atoms with E-state index in [0.29, 0.717) is 19.5 Å². The minimum absolute atomic E-state index is 0.0593. The van der Waals surface area contributed by atoms with Gasteiger partial charge in [-0.05, 0) is 18.4 Å². The molecule has 16 heavy (non-hydrogen) atoms. The van der Waals surface area contributed by atoms with Crippen molar-refractivity contribution in [2.24, 2.45) is 5.92 Å². The van der Waals surface area contributed by atoms with Crippen LogP contribution >= 0.6 is 24.0 Å². The second-order valence-corrected chi connectivity index (χ2v) is 5.68. The van der Waals surface area contributed by atoms with Crippen LogP contribution in [0.5, 0.6) is 0 Å². The van der Waals surface area contributed by atoms with E-state index in [1.807, 2.05) is 17.2 Å². The number of likely N-dealkylation sites (tertiary alicyclic amines) is 1. The second-order valence-electron chi connectivity index (χ2n) is 4.25. The molecule has 1 fully saturated rings. The summed E-state index contributed by atoms with van der Waals surface area (Å²) in [6.45, 7) is 3.26. The number of rotatable bonds is 1. The standard InChI is InChI=1S/C11H15NO2S2/c1-7-5-12(3-2-9(7)13)11(14)10-4-8(15)6-16-10/h4,6-7,9,13,15H,2-3,5H2,1H3. The number of nitrogens with zero attached hydrogens (tertiary/aromatic N) is 1. The summed E-state index contributed by atoms with van der Waals surface area (Å²) in [6, 6.07) is 1.80. The molecule has 5 heteroatoms. The molecule has 0 saturated carbocycles. The lowest BCUT2D eigenvalue weighted by Crippen LogP contribution is -2.44. The lowest BCUT2D eigenvalue weighted by molar-refractivity contribution is 0.0300. The summed E-state index contributed by atoms with van der Waals surface area (Å²) >= 11 is 5.62. The summed E-state index contributed by atoms with van der Waals surface area (Å²) in [4.78, 5) is 15.5. The van der Waals surface area contributed by atoms with Crippen LogP contribution in [0.3, 0.4) is 0 Å². The van der Waals surface area contributed by atoms with Crippen LogP contribution in [0.1, 0.15) is 23.0 Å². The van der Waals surface area contributed by atoms with Crippen LogP contribution in [0.4, 0.5) is 0 Å². The number of amides is 1. The lowest BCUT2D eigenvalue weighted by atomic mass is 9.97. The van der Waals surface area contributed by atoms with Crippen LogP contribution in [0.2, 0.25) is 0 Å². The van der Waals surface area contributed by atoms with Crippen molar-refractivity contribution >= 4 is 29.9 Å². The highest BCUT2D eigenvalue weighted by atomic mass is 32.1. The molecule has 0 radical (unpaired) electrons. The molecule has 2 atom stereocenters. The van der Waals surface area contributed by atoms with Crippen LogP contribution in [-0.2, 0) is 0 Å². The maximum Gasteiger partial charge on any atom is 0.263 e. The molecular formula is C11H15NO2S2. The van der Waals surface area contributed by atoms with Gasteiger partial charge in [0.05, 0.1) is 11.0 Å². The van der Waals surface area contributed by atoms with Crippen molar-refractivity contribution < 1.29 is 9.90 Å². The average molecular weight is 257 g/mol. The van der Waals surface area contributed by atoms with Crippen molar-refractivity contribution in [3.05, 3.63) is 16.3 Å². The third kappa shape index (κ3) is 2.42. The Bertz CT molecular complexity index is 391. The van der Waals surface area contributed by atoms with E-state index >= 15 is 0 Å². The molecule has 1 aliphatic rings. The topological polar surface area (TPSA) is 40.5 Å². The highest BCUT2D eigenvalue weighted by molar-refractivity contribution is 7.80. The number of carbonyl (C=O) groups is 1. The van der Waals surface area contributed by atoms with Crippen molar-refractivity contribution in [2.75, 3.05) is 13.1 Å². The Balaban J connectivity index is 2.06. The van der Waals surface area contributed by atoms with E-state index < -0.39 is 0 Å². The van der Waals surface area contributed by atoms with Crippen LogP contribution < -0.4 is 0 Å². The molecule has 0 bridgehead atoms. The molecular weight excluding hydrogens is 242 g/mol. The average Bonchev–Trinajstić information content (AvgIpc) is 2.68. The normalized spacial score (nSPS) is 25.8. The van der Waals surface area contributed by atoms with Crippen LogP contribution in [0.15, 0.2) is 16.3 Å². The fraction of sp³-hybridized carbons (Fsp3) is 0.545. The molecule has 1 aliphatic heterocycles. The molecule has 2 heterocycles. The zero-order valence-corrected chi connectivity index (χ0v) is 10.8. The molecule has 2 unspecified atom stereocenters. The monoisotopic (exact) mass is 257 g/mol. The number of piperidine rings is 1. The van der Waals surface area contributed by atoms with Crippen molar-refractivity contribution in [3.63, 3.8) is 0 Å². The van der Waals surface area contributed by atoms with Gasteiger partial charge < -0.3 is 10.0 Å². The summed E-state index contributed by atoms with van der Waals surface area (Å²) in [6.07, 6.45) is 0.402. The number of thiophene rings is 1. The van der Waals surface area contributed by atoms with Gasteiger partial charge in [-0.3, -0.25) is 4.79 Å². The van der Waals surface area contributed by atoms with E-state index in [0.717, 1.165) is 9.77 Å². The zero-order chi connectivity index (χ0) is 11.7. The molecule has 0 aliphatic carbocycles. The van der Waals surface area contributed by atoms with Gasteiger partial charge in [0.25, 0.3) is 5.91 Å². The summed E-state index contributed by atoms with van der Waals surface area (Å²) in [5, 5.41) is 11.5. The fourth-order valence-corrected chi connectivity index (χ4v) is 3.03. The zero-order valence-electron chi connectivity index (χ0n) is 9.09. The smallest absolute Gasteiger partial charge is 0.263 e. The van der Waals surface area contributed by atoms with Gasteiger partial charge in [-0.25, -0.2) is 0 Å². The number of aliphatic hydroxyl groups excluding tert-OH is 1. The highest BCUT2D eigenvalue weighted by Crippen LogP contribution is 2.23. The lowest BCUT2D eigenvalue weighted by Gasteiger charge is -2.34.